The molecule has 0 heterocycles. The molecule has 1 nitrogen and oxygen atoms in total. The smallest absolute Gasteiger partial charge is 0.171 e. The van der Waals surface area contributed by atoms with Crippen LogP contribution in [0.3, 0.4) is 0 Å². The first kappa shape index (κ1) is 10.4. The largest absolute Gasteiger partial charge is 0.419 e. The van der Waals surface area contributed by atoms with Crippen LogP contribution in [-0.4, -0.2) is 23.8 Å². The zero-order valence-corrected chi connectivity index (χ0v) is 10.5. The van der Waals surface area contributed by atoms with Crippen LogP contribution in [0.4, 0.5) is 0 Å². The molecule has 0 radical (unpaired) electrons. The van der Waals surface area contributed by atoms with Gasteiger partial charge in [0.15, 0.2) is 9.04 Å². The van der Waals surface area contributed by atoms with Gasteiger partial charge < -0.3 is 4.43 Å². The molecule has 0 amide bonds. The van der Waals surface area contributed by atoms with Crippen molar-refractivity contribution in [1.29, 1.82) is 0 Å². The molecule has 0 aliphatic heterocycles. The van der Waals surface area contributed by atoms with Crippen molar-refractivity contribution in [3.63, 3.8) is 0 Å². The van der Waals surface area contributed by atoms with Crippen molar-refractivity contribution in [2.75, 3.05) is 0 Å². The third-order valence-corrected chi connectivity index (χ3v) is 5.55. The van der Waals surface area contributed by atoms with E-state index in [2.05, 4.69) is 33.5 Å². The molecule has 0 N–H and O–H groups in total. The highest BCUT2D eigenvalue weighted by molar-refractivity contribution is 6.50. The molecule has 0 saturated heterocycles. The van der Waals surface area contributed by atoms with Crippen LogP contribution in [0.1, 0.15) is 20.3 Å². The van der Waals surface area contributed by atoms with Crippen LogP contribution in [0, 0.1) is 0 Å². The SMILES string of the molecule is CC[C@@](C)(O[SiH](C)C)[SiH2]C. The second kappa shape index (κ2) is 4.31. The van der Waals surface area contributed by atoms with Gasteiger partial charge in [-0.15, -0.1) is 0 Å². The van der Waals surface area contributed by atoms with Crippen LogP contribution < -0.4 is 0 Å². The highest BCUT2D eigenvalue weighted by Gasteiger charge is 2.21. The Morgan fingerprint density at radius 2 is 2.00 bits per heavy atom. The van der Waals surface area contributed by atoms with E-state index in [4.69, 9.17) is 4.43 Å². The molecule has 0 spiro atoms. The van der Waals surface area contributed by atoms with E-state index in [1.165, 1.54) is 6.42 Å². The lowest BCUT2D eigenvalue weighted by Gasteiger charge is -2.29. The molecule has 0 aromatic carbocycles. The number of hydrogen-bond donors (Lipinski definition) is 0. The molecule has 0 saturated carbocycles. The van der Waals surface area contributed by atoms with Gasteiger partial charge in [0.05, 0.1) is 9.52 Å². The minimum Gasteiger partial charge on any atom is -0.419 e. The Bertz CT molecular complexity index is 89.6. The lowest BCUT2D eigenvalue weighted by atomic mass is 10.3. The molecule has 0 rings (SSSR count). The Labute approximate surface area is 68.7 Å². The third-order valence-electron chi connectivity index (χ3n) is 2.02. The van der Waals surface area contributed by atoms with E-state index in [1.54, 1.807) is 0 Å². The predicted octanol–water partition coefficient (Wildman–Crippen LogP) is 1.33. The summed E-state index contributed by atoms with van der Waals surface area (Å²) in [4.78, 5) is 0. The molecule has 0 unspecified atom stereocenters. The van der Waals surface area contributed by atoms with E-state index in [1.807, 2.05) is 0 Å². The molecule has 0 aromatic rings. The molecule has 0 aliphatic rings. The van der Waals surface area contributed by atoms with Crippen LogP contribution in [0.5, 0.6) is 0 Å². The molecule has 0 bridgehead atoms. The molecular weight excluding hydrogens is 156 g/mol. The summed E-state index contributed by atoms with van der Waals surface area (Å²) < 4.78 is 5.94. The fourth-order valence-electron chi connectivity index (χ4n) is 0.986. The minimum absolute atomic E-state index is 0.00120. The van der Waals surface area contributed by atoms with Gasteiger partial charge >= 0.3 is 0 Å². The topological polar surface area (TPSA) is 9.23 Å². The van der Waals surface area contributed by atoms with Crippen molar-refractivity contribution >= 4 is 18.6 Å². The Hall–Kier alpha value is 0.394. The molecule has 0 aliphatic carbocycles. The van der Waals surface area contributed by atoms with Crippen molar-refractivity contribution in [1.82, 2.24) is 0 Å². The number of rotatable bonds is 4. The second-order valence-corrected chi connectivity index (χ2v) is 7.86. The second-order valence-electron chi connectivity index (χ2n) is 3.32. The van der Waals surface area contributed by atoms with Gasteiger partial charge in [0.2, 0.25) is 0 Å². The van der Waals surface area contributed by atoms with Crippen LogP contribution >= 0.6 is 0 Å². The van der Waals surface area contributed by atoms with Gasteiger partial charge in [0.1, 0.15) is 0 Å². The van der Waals surface area contributed by atoms with E-state index < -0.39 is 9.04 Å². The van der Waals surface area contributed by atoms with Crippen LogP contribution in [-0.2, 0) is 4.43 Å². The van der Waals surface area contributed by atoms with Gasteiger partial charge in [-0.05, 0) is 26.4 Å². The summed E-state index contributed by atoms with van der Waals surface area (Å²) in [6.45, 7) is 11.3. The lowest BCUT2D eigenvalue weighted by Crippen LogP contribution is -2.37. The van der Waals surface area contributed by atoms with Gasteiger partial charge in [-0.1, -0.05) is 13.5 Å². The van der Waals surface area contributed by atoms with E-state index in [0.717, 1.165) is 0 Å². The predicted molar refractivity (Wildman–Crippen MR) is 53.1 cm³/mol. The summed E-state index contributed by atoms with van der Waals surface area (Å²) >= 11 is 0. The quantitative estimate of drug-likeness (QED) is 0.587. The Morgan fingerprint density at radius 1 is 1.50 bits per heavy atom. The summed E-state index contributed by atoms with van der Waals surface area (Å²) in [7, 11) is -0.795. The Kier molecular flexibility index (Phi) is 4.48. The maximum absolute atomic E-state index is 5.94. The Morgan fingerprint density at radius 3 is 2.10 bits per heavy atom. The number of hydrogen-bond acceptors (Lipinski definition) is 1. The lowest BCUT2D eigenvalue weighted by molar-refractivity contribution is 0.171. The van der Waals surface area contributed by atoms with Gasteiger partial charge in [-0.2, -0.15) is 0 Å². The van der Waals surface area contributed by atoms with Crippen molar-refractivity contribution < 1.29 is 4.43 Å². The average molecular weight is 176 g/mol. The minimum atomic E-state index is -0.796. The average Bonchev–Trinajstić information content (AvgIpc) is 1.87. The molecule has 3 heteroatoms. The molecule has 62 valence electrons. The van der Waals surface area contributed by atoms with Gasteiger partial charge in [-0.3, -0.25) is 0 Å². The highest BCUT2D eigenvalue weighted by Crippen LogP contribution is 2.14. The van der Waals surface area contributed by atoms with Crippen LogP contribution in [0.2, 0.25) is 19.6 Å². The maximum atomic E-state index is 5.94. The van der Waals surface area contributed by atoms with Gasteiger partial charge in [-0.25, -0.2) is 0 Å². The van der Waals surface area contributed by atoms with Gasteiger partial charge in [0, 0.05) is 5.22 Å². The van der Waals surface area contributed by atoms with Gasteiger partial charge in [0.25, 0.3) is 0 Å². The van der Waals surface area contributed by atoms with Crippen LogP contribution in [0.25, 0.3) is 0 Å². The fraction of sp³-hybridized carbons (Fsp3) is 1.00. The first-order valence-corrected chi connectivity index (χ1v) is 9.12. The zero-order chi connectivity index (χ0) is 8.20. The molecule has 10 heavy (non-hydrogen) atoms. The molecular formula is C7H20OSi2. The summed E-state index contributed by atoms with van der Waals surface area (Å²) in [6, 6.07) is 0. The van der Waals surface area contributed by atoms with Crippen molar-refractivity contribution in [3.05, 3.63) is 0 Å². The van der Waals surface area contributed by atoms with E-state index >= 15 is 0 Å². The van der Waals surface area contributed by atoms with E-state index in [0.29, 0.717) is 5.22 Å². The molecule has 0 fully saturated rings. The monoisotopic (exact) mass is 176 g/mol. The standard InChI is InChI=1S/C7H20OSi2/c1-6-7(2,9-3)8-10(4)5/h10H,6,9H2,1-5H3/t7-/m0/s1. The van der Waals surface area contributed by atoms with E-state index in [-0.39, 0.29) is 9.52 Å². The van der Waals surface area contributed by atoms with Crippen molar-refractivity contribution in [2.45, 2.75) is 45.1 Å². The summed E-state index contributed by atoms with van der Waals surface area (Å²) in [5.41, 5.74) is 0. The fourth-order valence-corrected chi connectivity index (χ4v) is 4.46. The molecule has 0 aromatic heterocycles. The zero-order valence-electron chi connectivity index (χ0n) is 7.90. The Balaban J connectivity index is 3.80. The van der Waals surface area contributed by atoms with Crippen LogP contribution in [0.15, 0.2) is 0 Å². The normalized spacial score (nSPS) is 18.6. The molecule has 1 atom stereocenters. The summed E-state index contributed by atoms with van der Waals surface area (Å²) in [5, 5.41) is 0.306. The van der Waals surface area contributed by atoms with E-state index in [9.17, 15) is 0 Å². The van der Waals surface area contributed by atoms with Crippen molar-refractivity contribution in [2.24, 2.45) is 0 Å². The van der Waals surface area contributed by atoms with Crippen molar-refractivity contribution in [3.8, 4) is 0 Å². The first-order chi connectivity index (χ1) is 4.54. The highest BCUT2D eigenvalue weighted by atomic mass is 28.3. The first-order valence-electron chi connectivity index (χ1n) is 4.22. The maximum Gasteiger partial charge on any atom is 0.171 e. The summed E-state index contributed by atoms with van der Waals surface area (Å²) in [5.74, 6) is 0. The summed E-state index contributed by atoms with van der Waals surface area (Å²) in [6.07, 6.45) is 1.20. The third kappa shape index (κ3) is 3.53.